The predicted molar refractivity (Wildman–Crippen MR) is 78.9 cm³/mol. The number of hydrogen-bond donors (Lipinski definition) is 1. The van der Waals surface area contributed by atoms with Crippen LogP contribution in [0.2, 0.25) is 0 Å². The molecule has 18 heavy (non-hydrogen) atoms. The van der Waals surface area contributed by atoms with Crippen molar-refractivity contribution >= 4 is 0 Å². The van der Waals surface area contributed by atoms with Crippen LogP contribution in [-0.4, -0.2) is 36.1 Å². The molecule has 1 saturated carbocycles. The molecule has 2 nitrogen and oxygen atoms in total. The van der Waals surface area contributed by atoms with Crippen LogP contribution in [0.25, 0.3) is 0 Å². The minimum atomic E-state index is 0.571. The van der Waals surface area contributed by atoms with Gasteiger partial charge in [0.05, 0.1) is 0 Å². The monoisotopic (exact) mass is 252 g/mol. The van der Waals surface area contributed by atoms with Gasteiger partial charge in [0.15, 0.2) is 0 Å². The molecule has 0 radical (unpaired) electrons. The third-order valence-corrected chi connectivity index (χ3v) is 4.72. The molecule has 2 fully saturated rings. The summed E-state index contributed by atoms with van der Waals surface area (Å²) in [6.07, 6.45) is 8.42. The molecule has 2 unspecified atom stereocenters. The SMILES string of the molecule is CC(C)NC1CCCN(C2CCCC(C)(C)C2)C1. The van der Waals surface area contributed by atoms with Gasteiger partial charge < -0.3 is 5.32 Å². The lowest BCUT2D eigenvalue weighted by Crippen LogP contribution is -2.52. The number of likely N-dealkylation sites (tertiary alicyclic amines) is 1. The van der Waals surface area contributed by atoms with Gasteiger partial charge in [-0.1, -0.05) is 34.1 Å². The summed E-state index contributed by atoms with van der Waals surface area (Å²) in [7, 11) is 0. The summed E-state index contributed by atoms with van der Waals surface area (Å²) >= 11 is 0. The van der Waals surface area contributed by atoms with Crippen molar-refractivity contribution in [3.8, 4) is 0 Å². The fraction of sp³-hybridized carbons (Fsp3) is 1.00. The third kappa shape index (κ3) is 3.96. The Hall–Kier alpha value is -0.0800. The van der Waals surface area contributed by atoms with Gasteiger partial charge in [0.25, 0.3) is 0 Å². The number of hydrogen-bond acceptors (Lipinski definition) is 2. The van der Waals surface area contributed by atoms with Crippen molar-refractivity contribution in [2.75, 3.05) is 13.1 Å². The molecule has 0 aromatic heterocycles. The Morgan fingerprint density at radius 2 is 1.94 bits per heavy atom. The summed E-state index contributed by atoms with van der Waals surface area (Å²) in [5.41, 5.74) is 0.571. The summed E-state index contributed by atoms with van der Waals surface area (Å²) in [4.78, 5) is 2.78. The van der Waals surface area contributed by atoms with Crippen LogP contribution in [0.4, 0.5) is 0 Å². The Morgan fingerprint density at radius 3 is 2.61 bits per heavy atom. The van der Waals surface area contributed by atoms with Crippen molar-refractivity contribution in [3.05, 3.63) is 0 Å². The molecule has 2 rings (SSSR count). The maximum atomic E-state index is 3.73. The number of piperidine rings is 1. The van der Waals surface area contributed by atoms with Crippen LogP contribution in [0, 0.1) is 5.41 Å². The van der Waals surface area contributed by atoms with Gasteiger partial charge in [-0.2, -0.15) is 0 Å². The van der Waals surface area contributed by atoms with Crippen molar-refractivity contribution in [3.63, 3.8) is 0 Å². The molecule has 1 aliphatic carbocycles. The van der Waals surface area contributed by atoms with E-state index in [2.05, 4.69) is 37.9 Å². The van der Waals surface area contributed by atoms with Crippen LogP contribution in [0.15, 0.2) is 0 Å². The molecule has 0 amide bonds. The Kier molecular flexibility index (Phi) is 4.71. The Bertz CT molecular complexity index is 260. The van der Waals surface area contributed by atoms with Gasteiger partial charge in [-0.25, -0.2) is 0 Å². The van der Waals surface area contributed by atoms with Crippen molar-refractivity contribution in [2.45, 2.75) is 84.3 Å². The van der Waals surface area contributed by atoms with Crippen LogP contribution < -0.4 is 5.32 Å². The van der Waals surface area contributed by atoms with E-state index in [0.29, 0.717) is 11.5 Å². The van der Waals surface area contributed by atoms with Crippen LogP contribution in [0.3, 0.4) is 0 Å². The first-order valence-corrected chi connectivity index (χ1v) is 7.96. The highest BCUT2D eigenvalue weighted by molar-refractivity contribution is 4.89. The van der Waals surface area contributed by atoms with Gasteiger partial charge >= 0.3 is 0 Å². The Balaban J connectivity index is 1.88. The van der Waals surface area contributed by atoms with E-state index in [1.165, 1.54) is 51.6 Å². The molecule has 0 aromatic carbocycles. The van der Waals surface area contributed by atoms with Crippen molar-refractivity contribution in [2.24, 2.45) is 5.41 Å². The zero-order chi connectivity index (χ0) is 13.2. The zero-order valence-corrected chi connectivity index (χ0v) is 12.8. The topological polar surface area (TPSA) is 15.3 Å². The van der Waals surface area contributed by atoms with Gasteiger partial charge in [0.2, 0.25) is 0 Å². The third-order valence-electron chi connectivity index (χ3n) is 4.72. The highest BCUT2D eigenvalue weighted by Gasteiger charge is 2.33. The fourth-order valence-corrected chi connectivity index (χ4v) is 3.92. The van der Waals surface area contributed by atoms with Crippen molar-refractivity contribution in [1.29, 1.82) is 0 Å². The molecule has 2 atom stereocenters. The van der Waals surface area contributed by atoms with Crippen molar-refractivity contribution in [1.82, 2.24) is 10.2 Å². The molecule has 2 heteroatoms. The summed E-state index contributed by atoms with van der Waals surface area (Å²) in [5, 5.41) is 3.73. The summed E-state index contributed by atoms with van der Waals surface area (Å²) in [5.74, 6) is 0. The maximum absolute atomic E-state index is 3.73. The average molecular weight is 252 g/mol. The molecule has 1 aliphatic heterocycles. The summed E-state index contributed by atoms with van der Waals surface area (Å²) in [6.45, 7) is 12.0. The fourth-order valence-electron chi connectivity index (χ4n) is 3.92. The van der Waals surface area contributed by atoms with Crippen LogP contribution in [0.1, 0.15) is 66.2 Å². The van der Waals surface area contributed by atoms with E-state index in [1.54, 1.807) is 0 Å². The highest BCUT2D eigenvalue weighted by atomic mass is 15.2. The van der Waals surface area contributed by atoms with E-state index in [-0.39, 0.29) is 0 Å². The van der Waals surface area contributed by atoms with Crippen LogP contribution in [0.5, 0.6) is 0 Å². The second kappa shape index (κ2) is 5.92. The Morgan fingerprint density at radius 1 is 1.17 bits per heavy atom. The number of rotatable bonds is 3. The number of nitrogens with one attached hydrogen (secondary N) is 1. The molecular weight excluding hydrogens is 220 g/mol. The molecule has 106 valence electrons. The van der Waals surface area contributed by atoms with Gasteiger partial charge in [0.1, 0.15) is 0 Å². The van der Waals surface area contributed by atoms with E-state index >= 15 is 0 Å². The molecule has 1 saturated heterocycles. The zero-order valence-electron chi connectivity index (χ0n) is 12.8. The molecular formula is C16H32N2. The van der Waals surface area contributed by atoms with E-state index in [0.717, 1.165) is 12.1 Å². The smallest absolute Gasteiger partial charge is 0.0197 e. The molecule has 1 N–H and O–H groups in total. The first-order chi connectivity index (χ1) is 8.46. The average Bonchev–Trinajstić information content (AvgIpc) is 2.27. The maximum Gasteiger partial charge on any atom is 0.0197 e. The standard InChI is InChI=1S/C16H32N2/c1-13(2)17-14-7-6-10-18(12-14)15-8-5-9-16(3,4)11-15/h13-15,17H,5-12H2,1-4H3. The van der Waals surface area contributed by atoms with Crippen LogP contribution >= 0.6 is 0 Å². The Labute approximate surface area is 114 Å². The largest absolute Gasteiger partial charge is 0.311 e. The molecule has 1 heterocycles. The summed E-state index contributed by atoms with van der Waals surface area (Å²) in [6, 6.07) is 2.20. The van der Waals surface area contributed by atoms with Gasteiger partial charge in [-0.3, -0.25) is 4.90 Å². The normalized spacial score (nSPS) is 33.8. The predicted octanol–water partition coefficient (Wildman–Crippen LogP) is 3.42. The minimum absolute atomic E-state index is 0.571. The van der Waals surface area contributed by atoms with Gasteiger partial charge in [-0.05, 0) is 44.1 Å². The first-order valence-electron chi connectivity index (χ1n) is 7.96. The highest BCUT2D eigenvalue weighted by Crippen LogP contribution is 2.37. The second-order valence-electron chi connectivity index (χ2n) is 7.57. The van der Waals surface area contributed by atoms with E-state index in [9.17, 15) is 0 Å². The second-order valence-corrected chi connectivity index (χ2v) is 7.57. The quantitative estimate of drug-likeness (QED) is 0.828. The van der Waals surface area contributed by atoms with E-state index < -0.39 is 0 Å². The summed E-state index contributed by atoms with van der Waals surface area (Å²) < 4.78 is 0. The van der Waals surface area contributed by atoms with E-state index in [4.69, 9.17) is 0 Å². The van der Waals surface area contributed by atoms with Gasteiger partial charge in [-0.15, -0.1) is 0 Å². The lowest BCUT2D eigenvalue weighted by molar-refractivity contribution is 0.0661. The van der Waals surface area contributed by atoms with Crippen LogP contribution in [-0.2, 0) is 0 Å². The first kappa shape index (κ1) is 14.3. The van der Waals surface area contributed by atoms with Gasteiger partial charge in [0, 0.05) is 24.7 Å². The van der Waals surface area contributed by atoms with E-state index in [1.807, 2.05) is 0 Å². The number of nitrogens with zero attached hydrogens (tertiary/aromatic N) is 1. The molecule has 2 aliphatic rings. The van der Waals surface area contributed by atoms with Crippen molar-refractivity contribution < 1.29 is 0 Å². The molecule has 0 spiro atoms. The molecule has 0 aromatic rings. The molecule has 0 bridgehead atoms. The lowest BCUT2D eigenvalue weighted by atomic mass is 9.74. The minimum Gasteiger partial charge on any atom is -0.311 e. The lowest BCUT2D eigenvalue weighted by Gasteiger charge is -2.44.